The topological polar surface area (TPSA) is 26.3 Å². The van der Waals surface area contributed by atoms with E-state index in [4.69, 9.17) is 0 Å². The van der Waals surface area contributed by atoms with Gasteiger partial charge in [0.05, 0.1) is 0 Å². The van der Waals surface area contributed by atoms with Gasteiger partial charge in [-0.1, -0.05) is 18.2 Å². The first-order valence-corrected chi connectivity index (χ1v) is 5.80. The molecule has 0 radical (unpaired) electrons. The number of rotatable bonds is 4. The van der Waals surface area contributed by atoms with Crippen LogP contribution in [0.15, 0.2) is 35.2 Å². The molecule has 2 nitrogen and oxygen atoms in total. The van der Waals surface area contributed by atoms with Gasteiger partial charge in [-0.2, -0.15) is 13.2 Å². The molecule has 1 aromatic rings. The van der Waals surface area contributed by atoms with Gasteiger partial charge in [0.25, 0.3) is 0 Å². The molecule has 0 saturated carbocycles. The Balaban J connectivity index is 2.59. The Bertz CT molecular complexity index is 365. The highest BCUT2D eigenvalue weighted by Crippen LogP contribution is 2.28. The number of hydrogen-bond acceptors (Lipinski definition) is 3. The molecular formula is C11H11F3O2S. The Morgan fingerprint density at radius 1 is 1.35 bits per heavy atom. The van der Waals surface area contributed by atoms with Crippen LogP contribution in [0.4, 0.5) is 13.2 Å². The van der Waals surface area contributed by atoms with Crippen molar-refractivity contribution in [3.05, 3.63) is 30.3 Å². The molecule has 0 aromatic heterocycles. The average Bonchev–Trinajstić information content (AvgIpc) is 2.23. The van der Waals surface area contributed by atoms with Crippen molar-refractivity contribution in [3.63, 3.8) is 0 Å². The van der Waals surface area contributed by atoms with Gasteiger partial charge in [-0.15, -0.1) is 11.8 Å². The van der Waals surface area contributed by atoms with E-state index in [9.17, 15) is 18.0 Å². The summed E-state index contributed by atoms with van der Waals surface area (Å²) in [6.45, 7) is 0.964. The summed E-state index contributed by atoms with van der Waals surface area (Å²) in [7, 11) is 0. The zero-order valence-electron chi connectivity index (χ0n) is 9.03. The van der Waals surface area contributed by atoms with Gasteiger partial charge in [0.2, 0.25) is 6.10 Å². The van der Waals surface area contributed by atoms with Crippen molar-refractivity contribution in [2.45, 2.75) is 24.1 Å². The first kappa shape index (κ1) is 13.9. The van der Waals surface area contributed by atoms with Crippen LogP contribution in [0, 0.1) is 0 Å². The monoisotopic (exact) mass is 264 g/mol. The number of ether oxygens (including phenoxy) is 1. The van der Waals surface area contributed by atoms with Crippen LogP contribution in [0.3, 0.4) is 0 Å². The fraction of sp³-hybridized carbons (Fsp3) is 0.364. The van der Waals surface area contributed by atoms with Crippen LogP contribution in [-0.4, -0.2) is 24.0 Å². The van der Waals surface area contributed by atoms with E-state index in [-0.39, 0.29) is 5.75 Å². The summed E-state index contributed by atoms with van der Waals surface area (Å²) in [5, 5.41) is 0. The molecule has 0 aliphatic heterocycles. The fourth-order valence-corrected chi connectivity index (χ4v) is 2.03. The Morgan fingerprint density at radius 3 is 2.41 bits per heavy atom. The molecule has 0 amide bonds. The van der Waals surface area contributed by atoms with Crippen LogP contribution < -0.4 is 0 Å². The second-order valence-corrected chi connectivity index (χ2v) is 4.36. The molecular weight excluding hydrogens is 253 g/mol. The number of esters is 1. The molecule has 0 fully saturated rings. The van der Waals surface area contributed by atoms with Crippen LogP contribution in [0.2, 0.25) is 0 Å². The lowest BCUT2D eigenvalue weighted by Crippen LogP contribution is -2.35. The summed E-state index contributed by atoms with van der Waals surface area (Å²) >= 11 is 1.00. The standard InChI is InChI=1S/C11H11F3O2S/c1-8(15)16-10(11(12,13)14)7-17-9-5-3-2-4-6-9/h2-6,10H,7H2,1H3/t10-/m0/s1. The largest absolute Gasteiger partial charge is 0.452 e. The summed E-state index contributed by atoms with van der Waals surface area (Å²) in [5.41, 5.74) is 0. The summed E-state index contributed by atoms with van der Waals surface area (Å²) < 4.78 is 41.7. The predicted molar refractivity (Wildman–Crippen MR) is 58.8 cm³/mol. The predicted octanol–water partition coefficient (Wildman–Crippen LogP) is 3.27. The molecule has 6 heteroatoms. The lowest BCUT2D eigenvalue weighted by atomic mass is 10.4. The molecule has 0 heterocycles. The Kier molecular flexibility index (Phi) is 4.86. The first-order chi connectivity index (χ1) is 7.89. The lowest BCUT2D eigenvalue weighted by molar-refractivity contribution is -0.213. The van der Waals surface area contributed by atoms with E-state index in [1.54, 1.807) is 30.3 Å². The molecule has 0 unspecified atom stereocenters. The molecule has 1 aromatic carbocycles. The molecule has 94 valence electrons. The van der Waals surface area contributed by atoms with E-state index in [0.29, 0.717) is 4.90 Å². The zero-order chi connectivity index (χ0) is 12.9. The Labute approximate surface area is 101 Å². The van der Waals surface area contributed by atoms with Gasteiger partial charge in [-0.25, -0.2) is 0 Å². The minimum Gasteiger partial charge on any atom is -0.452 e. The van der Waals surface area contributed by atoms with E-state index in [1.165, 1.54) is 0 Å². The van der Waals surface area contributed by atoms with Gasteiger partial charge in [-0.05, 0) is 12.1 Å². The van der Waals surface area contributed by atoms with Crippen molar-refractivity contribution in [1.29, 1.82) is 0 Å². The van der Waals surface area contributed by atoms with Crippen LogP contribution in [0.25, 0.3) is 0 Å². The third-order valence-electron chi connectivity index (χ3n) is 1.82. The highest BCUT2D eigenvalue weighted by atomic mass is 32.2. The maximum absolute atomic E-state index is 12.5. The zero-order valence-corrected chi connectivity index (χ0v) is 9.85. The molecule has 0 saturated heterocycles. The maximum atomic E-state index is 12.5. The SMILES string of the molecule is CC(=O)O[C@@H](CSc1ccccc1)C(F)(F)F. The first-order valence-electron chi connectivity index (χ1n) is 4.81. The number of halogens is 3. The van der Waals surface area contributed by atoms with Gasteiger partial charge in [0, 0.05) is 17.6 Å². The van der Waals surface area contributed by atoms with Gasteiger partial charge >= 0.3 is 12.1 Å². The molecule has 17 heavy (non-hydrogen) atoms. The van der Waals surface area contributed by atoms with E-state index in [1.807, 2.05) is 0 Å². The smallest absolute Gasteiger partial charge is 0.426 e. The summed E-state index contributed by atoms with van der Waals surface area (Å²) in [4.78, 5) is 11.3. The van der Waals surface area contributed by atoms with Crippen molar-refractivity contribution in [3.8, 4) is 0 Å². The van der Waals surface area contributed by atoms with E-state index < -0.39 is 18.2 Å². The molecule has 0 aliphatic rings. The van der Waals surface area contributed by atoms with E-state index in [0.717, 1.165) is 18.7 Å². The van der Waals surface area contributed by atoms with Crippen LogP contribution in [0.5, 0.6) is 0 Å². The number of thioether (sulfide) groups is 1. The Morgan fingerprint density at radius 2 is 1.94 bits per heavy atom. The van der Waals surface area contributed by atoms with Gasteiger partial charge in [0.15, 0.2) is 0 Å². The maximum Gasteiger partial charge on any atom is 0.426 e. The van der Waals surface area contributed by atoms with Gasteiger partial charge < -0.3 is 4.74 Å². The van der Waals surface area contributed by atoms with Crippen molar-refractivity contribution < 1.29 is 22.7 Å². The molecule has 1 rings (SSSR count). The quantitative estimate of drug-likeness (QED) is 0.616. The van der Waals surface area contributed by atoms with Crippen molar-refractivity contribution >= 4 is 17.7 Å². The lowest BCUT2D eigenvalue weighted by Gasteiger charge is -2.19. The van der Waals surface area contributed by atoms with Crippen LogP contribution in [0.1, 0.15) is 6.92 Å². The minimum absolute atomic E-state index is 0.340. The number of hydrogen-bond donors (Lipinski definition) is 0. The fourth-order valence-electron chi connectivity index (χ4n) is 1.08. The minimum atomic E-state index is -4.53. The van der Waals surface area contributed by atoms with Crippen LogP contribution >= 0.6 is 11.8 Å². The summed E-state index contributed by atoms with van der Waals surface area (Å²) in [6, 6.07) is 8.64. The highest BCUT2D eigenvalue weighted by molar-refractivity contribution is 7.99. The molecule has 0 aliphatic carbocycles. The number of carbonyl (C=O) groups is 1. The third-order valence-corrected chi connectivity index (χ3v) is 2.89. The molecule has 0 bridgehead atoms. The van der Waals surface area contributed by atoms with Crippen molar-refractivity contribution in [1.82, 2.24) is 0 Å². The van der Waals surface area contributed by atoms with Crippen molar-refractivity contribution in [2.24, 2.45) is 0 Å². The van der Waals surface area contributed by atoms with Gasteiger partial charge in [-0.3, -0.25) is 4.79 Å². The second kappa shape index (κ2) is 5.95. The Hall–Kier alpha value is -1.17. The number of carbonyl (C=O) groups excluding carboxylic acids is 1. The normalized spacial score (nSPS) is 13.2. The van der Waals surface area contributed by atoms with Crippen molar-refractivity contribution in [2.75, 3.05) is 5.75 Å². The highest BCUT2D eigenvalue weighted by Gasteiger charge is 2.42. The number of alkyl halides is 3. The second-order valence-electron chi connectivity index (χ2n) is 3.26. The summed E-state index contributed by atoms with van der Waals surface area (Å²) in [5.74, 6) is -1.27. The summed E-state index contributed by atoms with van der Waals surface area (Å²) in [6.07, 6.45) is -6.60. The van der Waals surface area contributed by atoms with Gasteiger partial charge in [0.1, 0.15) is 0 Å². The number of benzene rings is 1. The average molecular weight is 264 g/mol. The molecule has 0 N–H and O–H groups in total. The molecule has 1 atom stereocenters. The third kappa shape index (κ3) is 5.12. The molecule has 0 spiro atoms. The van der Waals surface area contributed by atoms with E-state index in [2.05, 4.69) is 4.74 Å². The van der Waals surface area contributed by atoms with Crippen LogP contribution in [-0.2, 0) is 9.53 Å². The van der Waals surface area contributed by atoms with E-state index >= 15 is 0 Å².